The predicted molar refractivity (Wildman–Crippen MR) is 85.0 cm³/mol. The van der Waals surface area contributed by atoms with Gasteiger partial charge in [-0.15, -0.1) is 0 Å². The smallest absolute Gasteiger partial charge is 0.272 e. The molecule has 0 aliphatic carbocycles. The number of aromatic nitrogens is 1. The highest BCUT2D eigenvalue weighted by molar-refractivity contribution is 7.80. The summed E-state index contributed by atoms with van der Waals surface area (Å²) in [6, 6.07) is 3.24. The Morgan fingerprint density at radius 2 is 2.10 bits per heavy atom. The van der Waals surface area contributed by atoms with Crippen molar-refractivity contribution in [1.29, 1.82) is 0 Å². The fourth-order valence-corrected chi connectivity index (χ4v) is 1.82. The minimum atomic E-state index is -0.300. The molecule has 21 heavy (non-hydrogen) atoms. The van der Waals surface area contributed by atoms with Crippen LogP contribution in [0.1, 0.15) is 36.8 Å². The van der Waals surface area contributed by atoms with Gasteiger partial charge in [0.2, 0.25) is 5.91 Å². The van der Waals surface area contributed by atoms with Gasteiger partial charge in [-0.05, 0) is 32.9 Å². The van der Waals surface area contributed by atoms with Crippen molar-refractivity contribution in [1.82, 2.24) is 15.2 Å². The monoisotopic (exact) mass is 308 g/mol. The number of nitrogens with zero attached hydrogens (tertiary/aromatic N) is 2. The summed E-state index contributed by atoms with van der Waals surface area (Å²) in [6.45, 7) is 5.97. The van der Waals surface area contributed by atoms with E-state index in [4.69, 9.17) is 18.0 Å². The van der Waals surface area contributed by atoms with Gasteiger partial charge in [0.1, 0.15) is 10.7 Å². The second kappa shape index (κ2) is 7.68. The molecule has 0 aromatic carbocycles. The molecule has 0 aliphatic heterocycles. The Morgan fingerprint density at radius 3 is 2.52 bits per heavy atom. The molecular formula is C14H20N4O2S. The molecule has 1 heterocycles. The van der Waals surface area contributed by atoms with Gasteiger partial charge in [-0.1, -0.05) is 12.2 Å². The molecule has 0 saturated heterocycles. The average molecular weight is 308 g/mol. The number of pyridine rings is 1. The first-order valence-electron chi connectivity index (χ1n) is 6.69. The maximum atomic E-state index is 12.3. The summed E-state index contributed by atoms with van der Waals surface area (Å²) in [7, 11) is 0. The molecule has 0 atom stereocenters. The summed E-state index contributed by atoms with van der Waals surface area (Å²) >= 11 is 4.83. The second-order valence-electron chi connectivity index (χ2n) is 4.84. The highest BCUT2D eigenvalue weighted by atomic mass is 32.1. The van der Waals surface area contributed by atoms with Crippen molar-refractivity contribution in [3.63, 3.8) is 0 Å². The molecule has 114 valence electrons. The number of nitrogens with two attached hydrogens (primary N) is 1. The SMILES string of the molecule is CCN(CC(=O)NC(C)C)C(=O)c1ccc(C(N)=S)cn1. The molecule has 0 spiro atoms. The molecule has 3 N–H and O–H groups in total. The minimum absolute atomic E-state index is 0.00620. The summed E-state index contributed by atoms with van der Waals surface area (Å²) in [5.41, 5.74) is 6.34. The summed E-state index contributed by atoms with van der Waals surface area (Å²) in [5.74, 6) is -0.495. The third-order valence-electron chi connectivity index (χ3n) is 2.72. The lowest BCUT2D eigenvalue weighted by Crippen LogP contribution is -2.42. The zero-order valence-electron chi connectivity index (χ0n) is 12.4. The summed E-state index contributed by atoms with van der Waals surface area (Å²) < 4.78 is 0. The Labute approximate surface area is 129 Å². The number of carbonyl (C=O) groups excluding carboxylic acids is 2. The first-order chi connectivity index (χ1) is 9.85. The number of nitrogens with one attached hydrogen (secondary N) is 1. The van der Waals surface area contributed by atoms with Crippen molar-refractivity contribution in [3.8, 4) is 0 Å². The van der Waals surface area contributed by atoms with Gasteiger partial charge in [-0.2, -0.15) is 0 Å². The molecule has 0 saturated carbocycles. The van der Waals surface area contributed by atoms with Gasteiger partial charge in [0.15, 0.2) is 0 Å². The minimum Gasteiger partial charge on any atom is -0.389 e. The fraction of sp³-hybridized carbons (Fsp3) is 0.429. The Balaban J connectivity index is 2.78. The van der Waals surface area contributed by atoms with Crippen molar-refractivity contribution in [2.45, 2.75) is 26.8 Å². The molecule has 1 rings (SSSR count). The van der Waals surface area contributed by atoms with Crippen LogP contribution in [0.4, 0.5) is 0 Å². The number of hydrogen-bond donors (Lipinski definition) is 2. The number of likely N-dealkylation sites (N-methyl/N-ethyl adjacent to an activating group) is 1. The van der Waals surface area contributed by atoms with Gasteiger partial charge in [0.25, 0.3) is 5.91 Å². The standard InChI is InChI=1S/C14H20N4O2S/c1-4-18(8-12(19)17-9(2)3)14(20)11-6-5-10(7-16-11)13(15)21/h5-7,9H,4,8H2,1-3H3,(H2,15,21)(H,17,19). The van der Waals surface area contributed by atoms with Gasteiger partial charge >= 0.3 is 0 Å². The highest BCUT2D eigenvalue weighted by Crippen LogP contribution is 2.04. The predicted octanol–water partition coefficient (Wildman–Crippen LogP) is 0.703. The largest absolute Gasteiger partial charge is 0.389 e. The van der Waals surface area contributed by atoms with Gasteiger partial charge < -0.3 is 16.0 Å². The number of carbonyl (C=O) groups is 2. The Hall–Kier alpha value is -2.02. The number of rotatable bonds is 6. The van der Waals surface area contributed by atoms with Crippen molar-refractivity contribution < 1.29 is 9.59 Å². The topological polar surface area (TPSA) is 88.3 Å². The van der Waals surface area contributed by atoms with Gasteiger partial charge in [0.05, 0.1) is 6.54 Å². The maximum Gasteiger partial charge on any atom is 0.272 e. The van der Waals surface area contributed by atoms with E-state index < -0.39 is 0 Å². The highest BCUT2D eigenvalue weighted by Gasteiger charge is 2.18. The van der Waals surface area contributed by atoms with E-state index in [9.17, 15) is 9.59 Å². The molecule has 6 nitrogen and oxygen atoms in total. The van der Waals surface area contributed by atoms with E-state index >= 15 is 0 Å². The average Bonchev–Trinajstić information content (AvgIpc) is 2.43. The molecule has 1 aromatic rings. The summed E-state index contributed by atoms with van der Waals surface area (Å²) in [6.07, 6.45) is 1.46. The van der Waals surface area contributed by atoms with Crippen LogP contribution >= 0.6 is 12.2 Å². The lowest BCUT2D eigenvalue weighted by Gasteiger charge is -2.20. The van der Waals surface area contributed by atoms with E-state index in [0.29, 0.717) is 12.1 Å². The first kappa shape index (κ1) is 17.0. The second-order valence-corrected chi connectivity index (χ2v) is 5.28. The van der Waals surface area contributed by atoms with E-state index in [1.54, 1.807) is 12.1 Å². The molecule has 0 bridgehead atoms. The van der Waals surface area contributed by atoms with Crippen LogP contribution in [-0.4, -0.2) is 45.8 Å². The van der Waals surface area contributed by atoms with Crippen LogP contribution in [0.15, 0.2) is 18.3 Å². The molecule has 0 unspecified atom stereocenters. The van der Waals surface area contributed by atoms with Gasteiger partial charge in [0, 0.05) is 24.3 Å². The van der Waals surface area contributed by atoms with Crippen LogP contribution in [0.5, 0.6) is 0 Å². The van der Waals surface area contributed by atoms with Crippen LogP contribution in [0.2, 0.25) is 0 Å². The summed E-state index contributed by atoms with van der Waals surface area (Å²) in [4.78, 5) is 29.7. The third-order valence-corrected chi connectivity index (χ3v) is 2.96. The van der Waals surface area contributed by atoms with Crippen LogP contribution in [-0.2, 0) is 4.79 Å². The maximum absolute atomic E-state index is 12.3. The van der Waals surface area contributed by atoms with E-state index in [2.05, 4.69) is 10.3 Å². The summed E-state index contributed by atoms with van der Waals surface area (Å²) in [5, 5.41) is 2.75. The Bertz CT molecular complexity index is 528. The van der Waals surface area contributed by atoms with Gasteiger partial charge in [-0.3, -0.25) is 14.6 Å². The number of thiocarbonyl (C=S) groups is 1. The molecular weight excluding hydrogens is 288 g/mol. The van der Waals surface area contributed by atoms with Crippen LogP contribution in [0.25, 0.3) is 0 Å². The number of hydrogen-bond acceptors (Lipinski definition) is 4. The van der Waals surface area contributed by atoms with E-state index in [1.807, 2.05) is 20.8 Å². The lowest BCUT2D eigenvalue weighted by molar-refractivity contribution is -0.122. The van der Waals surface area contributed by atoms with Crippen LogP contribution in [0.3, 0.4) is 0 Å². The van der Waals surface area contributed by atoms with Crippen LogP contribution < -0.4 is 11.1 Å². The molecule has 7 heteroatoms. The molecule has 0 aliphatic rings. The van der Waals surface area contributed by atoms with Crippen molar-refractivity contribution in [2.75, 3.05) is 13.1 Å². The normalized spacial score (nSPS) is 10.3. The van der Waals surface area contributed by atoms with Crippen molar-refractivity contribution in [3.05, 3.63) is 29.6 Å². The van der Waals surface area contributed by atoms with E-state index in [1.165, 1.54) is 11.1 Å². The molecule has 0 radical (unpaired) electrons. The van der Waals surface area contributed by atoms with E-state index in [0.717, 1.165) is 0 Å². The molecule has 0 fully saturated rings. The molecule has 2 amide bonds. The zero-order valence-corrected chi connectivity index (χ0v) is 13.2. The lowest BCUT2D eigenvalue weighted by atomic mass is 10.2. The van der Waals surface area contributed by atoms with Crippen molar-refractivity contribution in [2.24, 2.45) is 5.73 Å². The van der Waals surface area contributed by atoms with Crippen LogP contribution in [0, 0.1) is 0 Å². The molecule has 1 aromatic heterocycles. The number of amides is 2. The van der Waals surface area contributed by atoms with E-state index in [-0.39, 0.29) is 35.1 Å². The zero-order chi connectivity index (χ0) is 16.0. The fourth-order valence-electron chi connectivity index (χ4n) is 1.70. The Morgan fingerprint density at radius 1 is 1.43 bits per heavy atom. The van der Waals surface area contributed by atoms with Crippen molar-refractivity contribution >= 4 is 29.0 Å². The first-order valence-corrected chi connectivity index (χ1v) is 7.10. The van der Waals surface area contributed by atoms with Gasteiger partial charge in [-0.25, -0.2) is 0 Å². The third kappa shape index (κ3) is 5.11. The quantitative estimate of drug-likeness (QED) is 0.755. The Kier molecular flexibility index (Phi) is 6.23.